The van der Waals surface area contributed by atoms with Gasteiger partial charge in [-0.15, -0.1) is 0 Å². The SMILES string of the molecule is C=C1/C=C\C=C/Cc2ccc(B(O)O)cc2C1(C)C. The molecular weight excluding hydrogens is 235 g/mol. The average Bonchev–Trinajstić information content (AvgIpc) is 2.41. The molecule has 2 nitrogen and oxygen atoms in total. The van der Waals surface area contributed by atoms with Crippen molar-refractivity contribution in [3.8, 4) is 0 Å². The second-order valence-corrected chi connectivity index (χ2v) is 5.43. The number of benzene rings is 1. The number of hydrogen-bond donors (Lipinski definition) is 2. The maximum atomic E-state index is 9.35. The van der Waals surface area contributed by atoms with E-state index in [2.05, 4.69) is 26.5 Å². The van der Waals surface area contributed by atoms with E-state index in [1.54, 1.807) is 6.07 Å². The summed E-state index contributed by atoms with van der Waals surface area (Å²) in [6.45, 7) is 8.35. The van der Waals surface area contributed by atoms with E-state index >= 15 is 0 Å². The molecule has 0 bridgehead atoms. The third-order valence-corrected chi connectivity index (χ3v) is 3.79. The van der Waals surface area contributed by atoms with Crippen molar-refractivity contribution < 1.29 is 10.0 Å². The lowest BCUT2D eigenvalue weighted by Gasteiger charge is -2.29. The summed E-state index contributed by atoms with van der Waals surface area (Å²) in [7, 11) is -1.44. The van der Waals surface area contributed by atoms with E-state index in [4.69, 9.17) is 0 Å². The molecule has 0 atom stereocenters. The van der Waals surface area contributed by atoms with Crippen LogP contribution in [-0.2, 0) is 11.8 Å². The lowest BCUT2D eigenvalue weighted by molar-refractivity contribution is 0.425. The Morgan fingerprint density at radius 3 is 2.63 bits per heavy atom. The summed E-state index contributed by atoms with van der Waals surface area (Å²) < 4.78 is 0. The van der Waals surface area contributed by atoms with Gasteiger partial charge in [0.1, 0.15) is 0 Å². The highest BCUT2D eigenvalue weighted by Crippen LogP contribution is 2.34. The van der Waals surface area contributed by atoms with Crippen LogP contribution in [0.1, 0.15) is 25.0 Å². The maximum Gasteiger partial charge on any atom is 0.488 e. The summed E-state index contributed by atoms with van der Waals surface area (Å²) in [4.78, 5) is 0. The molecule has 0 radical (unpaired) electrons. The Balaban J connectivity index is 2.61. The molecule has 19 heavy (non-hydrogen) atoms. The minimum absolute atomic E-state index is 0.233. The van der Waals surface area contributed by atoms with Gasteiger partial charge in [-0.3, -0.25) is 0 Å². The topological polar surface area (TPSA) is 40.5 Å². The van der Waals surface area contributed by atoms with Crippen LogP contribution in [0.15, 0.2) is 54.7 Å². The third kappa shape index (κ3) is 2.72. The number of allylic oxidation sites excluding steroid dienone is 5. The summed E-state index contributed by atoms with van der Waals surface area (Å²) in [5, 5.41) is 18.7. The van der Waals surface area contributed by atoms with Crippen LogP contribution in [0, 0.1) is 0 Å². The summed E-state index contributed by atoms with van der Waals surface area (Å²) in [6.07, 6.45) is 8.95. The summed E-state index contributed by atoms with van der Waals surface area (Å²) in [5.74, 6) is 0. The van der Waals surface area contributed by atoms with Gasteiger partial charge in [-0.1, -0.05) is 62.9 Å². The first-order valence-electron chi connectivity index (χ1n) is 6.45. The maximum absolute atomic E-state index is 9.35. The first kappa shape index (κ1) is 13.8. The van der Waals surface area contributed by atoms with Gasteiger partial charge in [-0.2, -0.15) is 0 Å². The first-order valence-corrected chi connectivity index (χ1v) is 6.45. The second kappa shape index (κ2) is 5.20. The minimum atomic E-state index is -1.44. The monoisotopic (exact) mass is 254 g/mol. The van der Waals surface area contributed by atoms with Crippen molar-refractivity contribution in [2.24, 2.45) is 0 Å². The molecule has 0 saturated heterocycles. The molecule has 0 spiro atoms. The van der Waals surface area contributed by atoms with Gasteiger partial charge >= 0.3 is 7.12 Å². The van der Waals surface area contributed by atoms with Crippen LogP contribution in [0.25, 0.3) is 0 Å². The van der Waals surface area contributed by atoms with Crippen LogP contribution in [0.2, 0.25) is 0 Å². The molecule has 0 aromatic heterocycles. The summed E-state index contributed by atoms with van der Waals surface area (Å²) in [5.41, 5.74) is 3.58. The highest BCUT2D eigenvalue weighted by Gasteiger charge is 2.27. The van der Waals surface area contributed by atoms with Crippen LogP contribution in [0.3, 0.4) is 0 Å². The fourth-order valence-electron chi connectivity index (χ4n) is 2.34. The van der Waals surface area contributed by atoms with Crippen molar-refractivity contribution in [3.05, 3.63) is 65.8 Å². The lowest BCUT2D eigenvalue weighted by atomic mass is 9.71. The highest BCUT2D eigenvalue weighted by molar-refractivity contribution is 6.58. The van der Waals surface area contributed by atoms with Crippen molar-refractivity contribution in [1.29, 1.82) is 0 Å². The Kier molecular flexibility index (Phi) is 3.79. The molecule has 0 unspecified atom stereocenters. The Labute approximate surface area is 114 Å². The van der Waals surface area contributed by atoms with E-state index < -0.39 is 7.12 Å². The molecule has 0 fully saturated rings. The fourth-order valence-corrected chi connectivity index (χ4v) is 2.34. The van der Waals surface area contributed by atoms with Gasteiger partial charge in [-0.05, 0) is 28.6 Å². The van der Waals surface area contributed by atoms with Gasteiger partial charge in [-0.25, -0.2) is 0 Å². The minimum Gasteiger partial charge on any atom is -0.423 e. The zero-order valence-corrected chi connectivity index (χ0v) is 11.4. The molecule has 0 aliphatic heterocycles. The fraction of sp³-hybridized carbons (Fsp3) is 0.250. The van der Waals surface area contributed by atoms with Crippen LogP contribution in [0.4, 0.5) is 0 Å². The molecule has 0 amide bonds. The van der Waals surface area contributed by atoms with E-state index in [1.165, 1.54) is 5.56 Å². The predicted molar refractivity (Wildman–Crippen MR) is 80.4 cm³/mol. The van der Waals surface area contributed by atoms with Crippen molar-refractivity contribution in [1.82, 2.24) is 0 Å². The van der Waals surface area contributed by atoms with Crippen LogP contribution in [-0.4, -0.2) is 17.2 Å². The van der Waals surface area contributed by atoms with E-state index in [0.29, 0.717) is 5.46 Å². The van der Waals surface area contributed by atoms with Crippen LogP contribution in [0.5, 0.6) is 0 Å². The van der Waals surface area contributed by atoms with Gasteiger partial charge in [0.2, 0.25) is 0 Å². The van der Waals surface area contributed by atoms with E-state index in [1.807, 2.05) is 30.4 Å². The molecule has 3 heteroatoms. The van der Waals surface area contributed by atoms with Crippen LogP contribution < -0.4 is 5.46 Å². The van der Waals surface area contributed by atoms with Gasteiger partial charge in [0.05, 0.1) is 0 Å². The average molecular weight is 254 g/mol. The molecule has 2 N–H and O–H groups in total. The van der Waals surface area contributed by atoms with Gasteiger partial charge < -0.3 is 10.0 Å². The smallest absolute Gasteiger partial charge is 0.423 e. The zero-order chi connectivity index (χ0) is 14.0. The van der Waals surface area contributed by atoms with Gasteiger partial charge in [0.25, 0.3) is 0 Å². The molecule has 0 heterocycles. The molecule has 98 valence electrons. The molecule has 1 aromatic carbocycles. The predicted octanol–water partition coefficient (Wildman–Crippen LogP) is 1.87. The Bertz CT molecular complexity index is 554. The number of hydrogen-bond acceptors (Lipinski definition) is 2. The van der Waals surface area contributed by atoms with E-state index in [9.17, 15) is 10.0 Å². The Morgan fingerprint density at radius 1 is 1.21 bits per heavy atom. The van der Waals surface area contributed by atoms with Crippen LogP contribution >= 0.6 is 0 Å². The van der Waals surface area contributed by atoms with E-state index in [-0.39, 0.29) is 5.41 Å². The quantitative estimate of drug-likeness (QED) is 0.751. The van der Waals surface area contributed by atoms with Gasteiger partial charge in [0, 0.05) is 5.41 Å². The van der Waals surface area contributed by atoms with Gasteiger partial charge in [0.15, 0.2) is 0 Å². The van der Waals surface area contributed by atoms with E-state index in [0.717, 1.165) is 17.6 Å². The highest BCUT2D eigenvalue weighted by atomic mass is 16.4. The van der Waals surface area contributed by atoms with Crippen molar-refractivity contribution in [2.75, 3.05) is 0 Å². The lowest BCUT2D eigenvalue weighted by Crippen LogP contribution is -2.32. The summed E-state index contributed by atoms with van der Waals surface area (Å²) >= 11 is 0. The largest absolute Gasteiger partial charge is 0.488 e. The zero-order valence-electron chi connectivity index (χ0n) is 11.4. The molecule has 1 aliphatic carbocycles. The Morgan fingerprint density at radius 2 is 1.95 bits per heavy atom. The first-order chi connectivity index (χ1) is 8.93. The molecule has 1 aromatic rings. The normalized spacial score (nSPS) is 20.7. The van der Waals surface area contributed by atoms with Crippen molar-refractivity contribution >= 4 is 12.6 Å². The molecular formula is C16H19BO2. The Hall–Kier alpha value is -1.58. The molecule has 1 aliphatic rings. The second-order valence-electron chi connectivity index (χ2n) is 5.43. The molecule has 2 rings (SSSR count). The molecule has 0 saturated carbocycles. The number of fused-ring (bicyclic) bond motifs is 1. The van der Waals surface area contributed by atoms with Crippen molar-refractivity contribution in [2.45, 2.75) is 25.7 Å². The summed E-state index contributed by atoms with van der Waals surface area (Å²) in [6, 6.07) is 5.61. The number of rotatable bonds is 1. The standard InChI is InChI=1S/C16H19BO2/c1-12-7-5-4-6-8-13-9-10-14(17(18)19)11-15(13)16(12,2)3/h4-7,9-11,18-19H,1,8H2,2-3H3/b6-4-,7-5-. The third-order valence-electron chi connectivity index (χ3n) is 3.79. The van der Waals surface area contributed by atoms with Crippen molar-refractivity contribution in [3.63, 3.8) is 0 Å².